The van der Waals surface area contributed by atoms with Gasteiger partial charge in [-0.05, 0) is 25.7 Å². The molecule has 0 spiro atoms. The lowest BCUT2D eigenvalue weighted by atomic mass is 9.95. The molecule has 1 amide bonds. The summed E-state index contributed by atoms with van der Waals surface area (Å²) < 4.78 is 0. The molecule has 2 aliphatic rings. The fourth-order valence-corrected chi connectivity index (χ4v) is 2.63. The molecule has 0 atom stereocenters. The molecule has 0 aromatic rings. The predicted octanol–water partition coefficient (Wildman–Crippen LogP) is 0.984. The SMILES string of the molecule is O=C(O)CN(CC(=O)NC1CCCCC1)C1CC1. The van der Waals surface area contributed by atoms with E-state index in [0.717, 1.165) is 25.7 Å². The summed E-state index contributed by atoms with van der Waals surface area (Å²) in [7, 11) is 0. The number of hydrogen-bond donors (Lipinski definition) is 2. The first-order chi connectivity index (χ1) is 8.65. The molecule has 0 aromatic heterocycles. The smallest absolute Gasteiger partial charge is 0.317 e. The monoisotopic (exact) mass is 254 g/mol. The van der Waals surface area contributed by atoms with Gasteiger partial charge in [-0.1, -0.05) is 19.3 Å². The zero-order chi connectivity index (χ0) is 13.0. The van der Waals surface area contributed by atoms with Crippen LogP contribution >= 0.6 is 0 Å². The van der Waals surface area contributed by atoms with Crippen molar-refractivity contribution in [3.05, 3.63) is 0 Å². The number of carbonyl (C=O) groups excluding carboxylic acids is 1. The van der Waals surface area contributed by atoms with E-state index in [0.29, 0.717) is 12.1 Å². The van der Waals surface area contributed by atoms with E-state index in [1.54, 1.807) is 4.90 Å². The van der Waals surface area contributed by atoms with E-state index in [1.807, 2.05) is 0 Å². The van der Waals surface area contributed by atoms with Gasteiger partial charge in [-0.15, -0.1) is 0 Å². The minimum absolute atomic E-state index is 0.0185. The van der Waals surface area contributed by atoms with E-state index in [2.05, 4.69) is 5.32 Å². The number of carbonyl (C=O) groups is 2. The van der Waals surface area contributed by atoms with Crippen molar-refractivity contribution in [3.63, 3.8) is 0 Å². The fraction of sp³-hybridized carbons (Fsp3) is 0.846. The van der Waals surface area contributed by atoms with Crippen LogP contribution in [0.15, 0.2) is 0 Å². The second kappa shape index (κ2) is 6.18. The summed E-state index contributed by atoms with van der Waals surface area (Å²) in [4.78, 5) is 24.4. The third-order valence-electron chi connectivity index (χ3n) is 3.72. The molecule has 0 heterocycles. The molecule has 0 radical (unpaired) electrons. The average molecular weight is 254 g/mol. The van der Waals surface area contributed by atoms with Crippen molar-refractivity contribution in [2.45, 2.75) is 57.0 Å². The van der Waals surface area contributed by atoms with Crippen molar-refractivity contribution in [2.75, 3.05) is 13.1 Å². The lowest BCUT2D eigenvalue weighted by molar-refractivity contribution is -0.139. The van der Waals surface area contributed by atoms with Gasteiger partial charge >= 0.3 is 5.97 Å². The van der Waals surface area contributed by atoms with Crippen LogP contribution in [0.5, 0.6) is 0 Å². The predicted molar refractivity (Wildman–Crippen MR) is 67.2 cm³/mol. The Balaban J connectivity index is 1.75. The van der Waals surface area contributed by atoms with Crippen LogP contribution in [0.25, 0.3) is 0 Å². The summed E-state index contributed by atoms with van der Waals surface area (Å²) in [5, 5.41) is 11.9. The van der Waals surface area contributed by atoms with E-state index in [-0.39, 0.29) is 19.0 Å². The second-order valence-corrected chi connectivity index (χ2v) is 5.43. The molecule has 18 heavy (non-hydrogen) atoms. The molecule has 2 aliphatic carbocycles. The van der Waals surface area contributed by atoms with Crippen molar-refractivity contribution in [1.29, 1.82) is 0 Å². The highest BCUT2D eigenvalue weighted by atomic mass is 16.4. The Morgan fingerprint density at radius 1 is 1.06 bits per heavy atom. The Kier molecular flexibility index (Phi) is 4.58. The largest absolute Gasteiger partial charge is 0.480 e. The van der Waals surface area contributed by atoms with Gasteiger partial charge in [-0.3, -0.25) is 14.5 Å². The van der Waals surface area contributed by atoms with Crippen LogP contribution in [-0.4, -0.2) is 47.1 Å². The second-order valence-electron chi connectivity index (χ2n) is 5.43. The minimum Gasteiger partial charge on any atom is -0.480 e. The molecular weight excluding hydrogens is 232 g/mol. The first kappa shape index (κ1) is 13.3. The van der Waals surface area contributed by atoms with Gasteiger partial charge in [-0.25, -0.2) is 0 Å². The average Bonchev–Trinajstić information content (AvgIpc) is 3.12. The first-order valence-electron chi connectivity index (χ1n) is 6.90. The van der Waals surface area contributed by atoms with Crippen molar-refractivity contribution >= 4 is 11.9 Å². The normalized spacial score (nSPS) is 20.9. The van der Waals surface area contributed by atoms with Crippen LogP contribution in [0.2, 0.25) is 0 Å². The zero-order valence-corrected chi connectivity index (χ0v) is 10.7. The molecule has 0 unspecified atom stereocenters. The third-order valence-corrected chi connectivity index (χ3v) is 3.72. The molecule has 0 aliphatic heterocycles. The molecule has 2 fully saturated rings. The summed E-state index contributed by atoms with van der Waals surface area (Å²) >= 11 is 0. The molecule has 0 saturated heterocycles. The Labute approximate surface area is 108 Å². The van der Waals surface area contributed by atoms with Gasteiger partial charge < -0.3 is 10.4 Å². The quantitative estimate of drug-likeness (QED) is 0.741. The maximum atomic E-state index is 11.9. The van der Waals surface area contributed by atoms with Crippen molar-refractivity contribution < 1.29 is 14.7 Å². The lowest BCUT2D eigenvalue weighted by Crippen LogP contribution is -2.44. The molecule has 5 heteroatoms. The number of aliphatic carboxylic acids is 1. The molecule has 102 valence electrons. The number of hydrogen-bond acceptors (Lipinski definition) is 3. The molecule has 2 N–H and O–H groups in total. The maximum absolute atomic E-state index is 11.9. The number of nitrogens with zero attached hydrogens (tertiary/aromatic N) is 1. The maximum Gasteiger partial charge on any atom is 0.317 e. The summed E-state index contributed by atoms with van der Waals surface area (Å²) in [6.07, 6.45) is 7.80. The highest BCUT2D eigenvalue weighted by Crippen LogP contribution is 2.26. The van der Waals surface area contributed by atoms with Gasteiger partial charge in [0.1, 0.15) is 0 Å². The van der Waals surface area contributed by atoms with Crippen LogP contribution in [0, 0.1) is 0 Å². The fourth-order valence-electron chi connectivity index (χ4n) is 2.63. The summed E-state index contributed by atoms with van der Waals surface area (Å²) in [6, 6.07) is 0.607. The highest BCUT2D eigenvalue weighted by molar-refractivity contribution is 5.79. The molecule has 2 rings (SSSR count). The van der Waals surface area contributed by atoms with E-state index < -0.39 is 5.97 Å². The Morgan fingerprint density at radius 2 is 1.72 bits per heavy atom. The van der Waals surface area contributed by atoms with Crippen LogP contribution in [0.3, 0.4) is 0 Å². The van der Waals surface area contributed by atoms with Gasteiger partial charge in [0.15, 0.2) is 0 Å². The Bertz CT molecular complexity index is 309. The molecular formula is C13H22N2O3. The lowest BCUT2D eigenvalue weighted by Gasteiger charge is -2.25. The van der Waals surface area contributed by atoms with Gasteiger partial charge in [0, 0.05) is 12.1 Å². The van der Waals surface area contributed by atoms with Crippen LogP contribution in [0.1, 0.15) is 44.9 Å². The van der Waals surface area contributed by atoms with Gasteiger partial charge in [0.25, 0.3) is 0 Å². The number of rotatable bonds is 6. The molecule has 2 saturated carbocycles. The van der Waals surface area contributed by atoms with Crippen molar-refractivity contribution in [2.24, 2.45) is 0 Å². The standard InChI is InChI=1S/C13H22N2O3/c16-12(14-10-4-2-1-3-5-10)8-15(9-13(17)18)11-6-7-11/h10-11H,1-9H2,(H,14,16)(H,17,18). The molecule has 5 nitrogen and oxygen atoms in total. The first-order valence-corrected chi connectivity index (χ1v) is 6.90. The highest BCUT2D eigenvalue weighted by Gasteiger charge is 2.31. The third kappa shape index (κ3) is 4.29. The van der Waals surface area contributed by atoms with Crippen LogP contribution < -0.4 is 5.32 Å². The number of carboxylic acids is 1. The van der Waals surface area contributed by atoms with Gasteiger partial charge in [-0.2, -0.15) is 0 Å². The number of carboxylic acid groups (broad SMARTS) is 1. The van der Waals surface area contributed by atoms with E-state index >= 15 is 0 Å². The van der Waals surface area contributed by atoms with Gasteiger partial charge in [0.2, 0.25) is 5.91 Å². The van der Waals surface area contributed by atoms with Gasteiger partial charge in [0.05, 0.1) is 13.1 Å². The van der Waals surface area contributed by atoms with E-state index in [1.165, 1.54) is 19.3 Å². The van der Waals surface area contributed by atoms with E-state index in [4.69, 9.17) is 5.11 Å². The van der Waals surface area contributed by atoms with Crippen LogP contribution in [0.4, 0.5) is 0 Å². The summed E-state index contributed by atoms with van der Waals surface area (Å²) in [5.74, 6) is -0.873. The Hall–Kier alpha value is -1.10. The van der Waals surface area contributed by atoms with Crippen molar-refractivity contribution in [1.82, 2.24) is 10.2 Å². The van der Waals surface area contributed by atoms with Crippen LogP contribution in [-0.2, 0) is 9.59 Å². The molecule has 0 bridgehead atoms. The summed E-state index contributed by atoms with van der Waals surface area (Å²) in [6.45, 7) is 0.205. The zero-order valence-electron chi connectivity index (χ0n) is 10.7. The minimum atomic E-state index is -0.854. The van der Waals surface area contributed by atoms with Crippen molar-refractivity contribution in [3.8, 4) is 0 Å². The molecule has 0 aromatic carbocycles. The number of amides is 1. The number of nitrogens with one attached hydrogen (secondary N) is 1. The van der Waals surface area contributed by atoms with E-state index in [9.17, 15) is 9.59 Å². The Morgan fingerprint density at radius 3 is 2.28 bits per heavy atom. The topological polar surface area (TPSA) is 69.6 Å². The summed E-state index contributed by atoms with van der Waals surface area (Å²) in [5.41, 5.74) is 0.